The van der Waals surface area contributed by atoms with Crippen molar-refractivity contribution in [2.24, 2.45) is 17.8 Å². The van der Waals surface area contributed by atoms with Crippen LogP contribution in [0.25, 0.3) is 0 Å². The topological polar surface area (TPSA) is 86.7 Å². The molecule has 0 spiro atoms. The van der Waals surface area contributed by atoms with E-state index < -0.39 is 48.9 Å². The molecule has 2 aliphatic heterocycles. The fourth-order valence-corrected chi connectivity index (χ4v) is 2.82. The lowest BCUT2D eigenvalue weighted by molar-refractivity contribution is -0.188. The van der Waals surface area contributed by atoms with Gasteiger partial charge in [-0.3, -0.25) is 14.4 Å². The van der Waals surface area contributed by atoms with Crippen molar-refractivity contribution in [2.75, 3.05) is 19.6 Å². The first-order valence-corrected chi connectivity index (χ1v) is 6.55. The molecule has 2 aliphatic rings. The number of alkyl halides is 3. The van der Waals surface area contributed by atoms with Crippen LogP contribution in [0.4, 0.5) is 13.2 Å². The summed E-state index contributed by atoms with van der Waals surface area (Å²) in [5.74, 6) is -6.82. The molecule has 9 heteroatoms. The molecule has 0 aromatic rings. The van der Waals surface area contributed by atoms with Crippen LogP contribution in [0, 0.1) is 17.8 Å². The van der Waals surface area contributed by atoms with E-state index in [4.69, 9.17) is 5.11 Å². The molecule has 118 valence electrons. The van der Waals surface area contributed by atoms with Gasteiger partial charge in [-0.25, -0.2) is 0 Å². The predicted octanol–water partition coefficient (Wildman–Crippen LogP) is 0.234. The van der Waals surface area contributed by atoms with Gasteiger partial charge in [0.2, 0.25) is 11.8 Å². The Hall–Kier alpha value is -1.80. The molecule has 0 radical (unpaired) electrons. The summed E-state index contributed by atoms with van der Waals surface area (Å²) in [6.45, 7) is -0.817. The lowest BCUT2D eigenvalue weighted by atomic mass is 9.96. The fraction of sp³-hybridized carbons (Fsp3) is 0.750. The number of hydrogen-bond donors (Lipinski definition) is 2. The number of carboxylic acids is 1. The summed E-state index contributed by atoms with van der Waals surface area (Å²) in [6, 6.07) is 0. The van der Waals surface area contributed by atoms with Crippen LogP contribution in [-0.4, -0.2) is 53.6 Å². The molecule has 1 unspecified atom stereocenters. The molecule has 2 rings (SSSR count). The van der Waals surface area contributed by atoms with Crippen LogP contribution in [0.1, 0.15) is 12.8 Å². The van der Waals surface area contributed by atoms with Crippen LogP contribution in [-0.2, 0) is 14.4 Å². The van der Waals surface area contributed by atoms with Crippen LogP contribution in [0.3, 0.4) is 0 Å². The Morgan fingerprint density at radius 1 is 1.29 bits per heavy atom. The lowest BCUT2D eigenvalue weighted by Crippen LogP contribution is -2.43. The highest BCUT2D eigenvalue weighted by Gasteiger charge is 2.54. The van der Waals surface area contributed by atoms with Crippen LogP contribution < -0.4 is 5.32 Å². The Bertz CT molecular complexity index is 466. The number of piperidine rings is 1. The first-order valence-electron chi connectivity index (χ1n) is 6.55. The van der Waals surface area contributed by atoms with Crippen LogP contribution in [0.5, 0.6) is 0 Å². The molecule has 2 N–H and O–H groups in total. The molecule has 0 aliphatic carbocycles. The number of nitrogens with zero attached hydrogens (tertiary/aromatic N) is 1. The highest BCUT2D eigenvalue weighted by molar-refractivity contribution is 5.87. The van der Waals surface area contributed by atoms with E-state index in [9.17, 15) is 27.6 Å². The number of hydrogen-bond acceptors (Lipinski definition) is 3. The van der Waals surface area contributed by atoms with Crippen LogP contribution >= 0.6 is 0 Å². The monoisotopic (exact) mass is 308 g/mol. The summed E-state index contributed by atoms with van der Waals surface area (Å²) in [4.78, 5) is 35.3. The summed E-state index contributed by atoms with van der Waals surface area (Å²) >= 11 is 0. The third-order valence-corrected chi connectivity index (χ3v) is 3.97. The second-order valence-electron chi connectivity index (χ2n) is 5.38. The molecule has 0 aromatic carbocycles. The number of aliphatic carboxylic acids is 1. The van der Waals surface area contributed by atoms with Gasteiger partial charge in [-0.1, -0.05) is 0 Å². The van der Waals surface area contributed by atoms with Gasteiger partial charge in [0.1, 0.15) is 0 Å². The fourth-order valence-electron chi connectivity index (χ4n) is 2.82. The zero-order valence-corrected chi connectivity index (χ0v) is 11.0. The third-order valence-electron chi connectivity index (χ3n) is 3.97. The van der Waals surface area contributed by atoms with Gasteiger partial charge in [0.15, 0.2) is 0 Å². The molecular weight excluding hydrogens is 293 g/mol. The second kappa shape index (κ2) is 5.53. The predicted molar refractivity (Wildman–Crippen MR) is 63.0 cm³/mol. The zero-order chi connectivity index (χ0) is 15.8. The summed E-state index contributed by atoms with van der Waals surface area (Å²) in [5, 5.41) is 11.4. The SMILES string of the molecule is O=C1CC(C(=O)N2C[C@@H](C(F)(F)F)[C@H](C(=O)O)C2)CCN1. The van der Waals surface area contributed by atoms with Gasteiger partial charge in [-0.2, -0.15) is 13.2 Å². The van der Waals surface area contributed by atoms with E-state index in [1.54, 1.807) is 0 Å². The highest BCUT2D eigenvalue weighted by atomic mass is 19.4. The molecule has 2 heterocycles. The number of nitrogens with one attached hydrogen (secondary N) is 1. The van der Waals surface area contributed by atoms with Gasteiger partial charge in [0.25, 0.3) is 0 Å². The maximum Gasteiger partial charge on any atom is 0.394 e. The van der Waals surface area contributed by atoms with E-state index >= 15 is 0 Å². The van der Waals surface area contributed by atoms with E-state index in [0.29, 0.717) is 13.0 Å². The molecule has 0 saturated carbocycles. The molecule has 6 nitrogen and oxygen atoms in total. The molecule has 2 amide bonds. The number of rotatable bonds is 2. The van der Waals surface area contributed by atoms with Gasteiger partial charge in [-0.05, 0) is 6.42 Å². The normalized spacial score (nSPS) is 30.1. The minimum Gasteiger partial charge on any atom is -0.481 e. The Morgan fingerprint density at radius 2 is 1.95 bits per heavy atom. The van der Waals surface area contributed by atoms with E-state index in [0.717, 1.165) is 4.90 Å². The molecule has 2 fully saturated rings. The summed E-state index contributed by atoms with van der Waals surface area (Å²) in [5.41, 5.74) is 0. The first-order chi connectivity index (χ1) is 9.70. The lowest BCUT2D eigenvalue weighted by Gasteiger charge is -2.26. The summed E-state index contributed by atoms with van der Waals surface area (Å²) in [7, 11) is 0. The Morgan fingerprint density at radius 3 is 2.43 bits per heavy atom. The van der Waals surface area contributed by atoms with Crippen molar-refractivity contribution < 1.29 is 32.7 Å². The average molecular weight is 308 g/mol. The van der Waals surface area contributed by atoms with Gasteiger partial charge < -0.3 is 15.3 Å². The molecule has 0 aromatic heterocycles. The number of likely N-dealkylation sites (tertiary alicyclic amines) is 1. The van der Waals surface area contributed by atoms with E-state index in [1.807, 2.05) is 0 Å². The molecular formula is C12H15F3N2O4. The molecule has 2 saturated heterocycles. The maximum absolute atomic E-state index is 12.8. The Kier molecular flexibility index (Phi) is 4.11. The van der Waals surface area contributed by atoms with Crippen molar-refractivity contribution >= 4 is 17.8 Å². The average Bonchev–Trinajstić information content (AvgIpc) is 2.83. The molecule has 21 heavy (non-hydrogen) atoms. The third kappa shape index (κ3) is 3.27. The van der Waals surface area contributed by atoms with Crippen LogP contribution in [0.2, 0.25) is 0 Å². The smallest absolute Gasteiger partial charge is 0.394 e. The summed E-state index contributed by atoms with van der Waals surface area (Å²) in [6.07, 6.45) is -4.37. The highest BCUT2D eigenvalue weighted by Crippen LogP contribution is 2.38. The van der Waals surface area contributed by atoms with Crippen molar-refractivity contribution in [3.8, 4) is 0 Å². The zero-order valence-electron chi connectivity index (χ0n) is 11.0. The van der Waals surface area contributed by atoms with Gasteiger partial charge in [0.05, 0.1) is 11.8 Å². The maximum atomic E-state index is 12.8. The van der Waals surface area contributed by atoms with Gasteiger partial charge in [0, 0.05) is 32.0 Å². The number of halogens is 3. The first kappa shape index (κ1) is 15.6. The largest absolute Gasteiger partial charge is 0.481 e. The van der Waals surface area contributed by atoms with Gasteiger partial charge in [-0.15, -0.1) is 0 Å². The number of carboxylic acid groups (broad SMARTS) is 1. The van der Waals surface area contributed by atoms with Crippen molar-refractivity contribution in [2.45, 2.75) is 19.0 Å². The number of carbonyl (C=O) groups excluding carboxylic acids is 2. The van der Waals surface area contributed by atoms with E-state index in [-0.39, 0.29) is 12.3 Å². The van der Waals surface area contributed by atoms with Crippen molar-refractivity contribution in [1.29, 1.82) is 0 Å². The number of carbonyl (C=O) groups is 3. The number of amides is 2. The standard InChI is InChI=1S/C12H15F3N2O4/c13-12(14,15)8-5-17(4-7(8)11(20)21)10(19)6-1-2-16-9(18)3-6/h6-8H,1-5H2,(H,16,18)(H,20,21)/t6?,7-,8-/m1/s1. The van der Waals surface area contributed by atoms with Crippen LogP contribution in [0.15, 0.2) is 0 Å². The minimum absolute atomic E-state index is 0.0657. The Labute approximate surface area is 118 Å². The molecule has 3 atom stereocenters. The van der Waals surface area contributed by atoms with Crippen molar-refractivity contribution in [1.82, 2.24) is 10.2 Å². The van der Waals surface area contributed by atoms with E-state index in [2.05, 4.69) is 5.32 Å². The minimum atomic E-state index is -4.66. The summed E-state index contributed by atoms with van der Waals surface area (Å²) < 4.78 is 38.5. The second-order valence-corrected chi connectivity index (χ2v) is 5.38. The quantitative estimate of drug-likeness (QED) is 0.765. The van der Waals surface area contributed by atoms with E-state index in [1.165, 1.54) is 0 Å². The van der Waals surface area contributed by atoms with Gasteiger partial charge >= 0.3 is 12.1 Å². The van der Waals surface area contributed by atoms with Crippen molar-refractivity contribution in [3.63, 3.8) is 0 Å². The Balaban J connectivity index is 2.09. The molecule has 0 bridgehead atoms. The van der Waals surface area contributed by atoms with Crippen molar-refractivity contribution in [3.05, 3.63) is 0 Å².